The lowest BCUT2D eigenvalue weighted by atomic mass is 9.71. The van der Waals surface area contributed by atoms with Gasteiger partial charge in [-0.25, -0.2) is 0 Å². The van der Waals surface area contributed by atoms with Gasteiger partial charge in [0.1, 0.15) is 5.60 Å². The number of carbonyl (C=O) groups excluding carboxylic acids is 1. The number of methoxy groups -OCH3 is 1. The molecule has 1 atom stereocenters. The molecule has 3 heteroatoms. The number of hydrogen-bond acceptors (Lipinski definition) is 3. The summed E-state index contributed by atoms with van der Waals surface area (Å²) < 4.78 is 4.92. The summed E-state index contributed by atoms with van der Waals surface area (Å²) in [6.07, 6.45) is 0.0702. The van der Waals surface area contributed by atoms with Gasteiger partial charge in [-0.1, -0.05) is 91.0 Å². The van der Waals surface area contributed by atoms with Crippen molar-refractivity contribution in [1.82, 2.24) is 0 Å². The first kappa shape index (κ1) is 17.9. The maximum Gasteiger partial charge on any atom is 0.306 e. The van der Waals surface area contributed by atoms with Gasteiger partial charge in [-0.05, 0) is 16.7 Å². The van der Waals surface area contributed by atoms with Crippen molar-refractivity contribution in [3.8, 4) is 0 Å². The monoisotopic (exact) mass is 346 g/mol. The molecular weight excluding hydrogens is 324 g/mol. The van der Waals surface area contributed by atoms with Gasteiger partial charge in [0, 0.05) is 5.92 Å². The highest BCUT2D eigenvalue weighted by Crippen LogP contribution is 2.44. The minimum atomic E-state index is -1.36. The largest absolute Gasteiger partial charge is 0.469 e. The number of aliphatic hydroxyl groups is 1. The Morgan fingerprint density at radius 3 is 1.69 bits per heavy atom. The summed E-state index contributed by atoms with van der Waals surface area (Å²) in [5.74, 6) is -0.843. The van der Waals surface area contributed by atoms with Crippen molar-refractivity contribution >= 4 is 5.97 Å². The molecule has 0 saturated heterocycles. The van der Waals surface area contributed by atoms with Crippen LogP contribution in [-0.2, 0) is 15.1 Å². The maximum atomic E-state index is 12.2. The molecule has 0 aliphatic rings. The number of esters is 1. The molecular formula is C23H22O3. The van der Waals surface area contributed by atoms with Crippen LogP contribution in [0.4, 0.5) is 0 Å². The fourth-order valence-corrected chi connectivity index (χ4v) is 3.40. The number of ether oxygens (including phenoxy) is 1. The first-order valence-electron chi connectivity index (χ1n) is 8.61. The van der Waals surface area contributed by atoms with Crippen molar-refractivity contribution in [2.24, 2.45) is 0 Å². The lowest BCUT2D eigenvalue weighted by Crippen LogP contribution is -2.36. The molecule has 0 saturated carbocycles. The van der Waals surface area contributed by atoms with Gasteiger partial charge in [-0.15, -0.1) is 0 Å². The smallest absolute Gasteiger partial charge is 0.306 e. The molecule has 1 N–H and O–H groups in total. The Morgan fingerprint density at radius 2 is 1.27 bits per heavy atom. The summed E-state index contributed by atoms with van der Waals surface area (Å²) in [7, 11) is 1.37. The summed E-state index contributed by atoms with van der Waals surface area (Å²) in [6, 6.07) is 28.6. The third-order valence-corrected chi connectivity index (χ3v) is 4.73. The van der Waals surface area contributed by atoms with E-state index in [4.69, 9.17) is 4.74 Å². The SMILES string of the molecule is COC(=O)CC(c1ccccc1)C(O)(c1ccccc1)c1ccccc1. The molecule has 3 aromatic rings. The zero-order chi connectivity index (χ0) is 18.4. The van der Waals surface area contributed by atoms with Crippen LogP contribution in [0.5, 0.6) is 0 Å². The van der Waals surface area contributed by atoms with Crippen molar-refractivity contribution in [3.63, 3.8) is 0 Å². The molecule has 0 spiro atoms. The Labute approximate surface area is 153 Å². The van der Waals surface area contributed by atoms with Crippen LogP contribution in [0.3, 0.4) is 0 Å². The van der Waals surface area contributed by atoms with Crippen molar-refractivity contribution in [2.45, 2.75) is 17.9 Å². The summed E-state index contributed by atoms with van der Waals surface area (Å²) in [6.45, 7) is 0. The van der Waals surface area contributed by atoms with Crippen LogP contribution in [0.25, 0.3) is 0 Å². The van der Waals surface area contributed by atoms with Crippen molar-refractivity contribution in [3.05, 3.63) is 108 Å². The third kappa shape index (κ3) is 3.53. The van der Waals surface area contributed by atoms with E-state index in [2.05, 4.69) is 0 Å². The van der Waals surface area contributed by atoms with Gasteiger partial charge >= 0.3 is 5.97 Å². The summed E-state index contributed by atoms with van der Waals surface area (Å²) >= 11 is 0. The normalized spacial score (nSPS) is 12.4. The topological polar surface area (TPSA) is 46.5 Å². The van der Waals surface area contributed by atoms with Gasteiger partial charge in [-0.3, -0.25) is 4.79 Å². The van der Waals surface area contributed by atoms with Crippen LogP contribution in [0, 0.1) is 0 Å². The van der Waals surface area contributed by atoms with Gasteiger partial charge in [0.05, 0.1) is 13.5 Å². The Balaban J connectivity index is 2.21. The number of hydrogen-bond donors (Lipinski definition) is 1. The van der Waals surface area contributed by atoms with E-state index in [1.54, 1.807) is 0 Å². The first-order valence-corrected chi connectivity index (χ1v) is 8.61. The second-order valence-electron chi connectivity index (χ2n) is 6.24. The quantitative estimate of drug-likeness (QED) is 0.678. The Morgan fingerprint density at radius 1 is 0.846 bits per heavy atom. The van der Waals surface area contributed by atoms with E-state index in [9.17, 15) is 9.90 Å². The predicted octanol–water partition coefficient (Wildman–Crippen LogP) is 4.27. The molecule has 0 aromatic heterocycles. The summed E-state index contributed by atoms with van der Waals surface area (Å²) in [5.41, 5.74) is 0.999. The average molecular weight is 346 g/mol. The Kier molecular flexibility index (Phi) is 5.49. The molecule has 0 aliphatic carbocycles. The average Bonchev–Trinajstić information content (AvgIpc) is 2.73. The van der Waals surface area contributed by atoms with E-state index in [0.29, 0.717) is 0 Å². The zero-order valence-electron chi connectivity index (χ0n) is 14.7. The third-order valence-electron chi connectivity index (χ3n) is 4.73. The molecule has 1 unspecified atom stereocenters. The van der Waals surface area contributed by atoms with Gasteiger partial charge in [0.25, 0.3) is 0 Å². The molecule has 0 bridgehead atoms. The van der Waals surface area contributed by atoms with Crippen LogP contribution in [0.1, 0.15) is 29.0 Å². The van der Waals surface area contributed by atoms with E-state index in [-0.39, 0.29) is 12.4 Å². The van der Waals surface area contributed by atoms with E-state index >= 15 is 0 Å². The summed E-state index contributed by atoms with van der Waals surface area (Å²) in [4.78, 5) is 12.2. The molecule has 3 aromatic carbocycles. The number of carbonyl (C=O) groups is 1. The molecule has 0 heterocycles. The number of benzene rings is 3. The van der Waals surface area contributed by atoms with Crippen molar-refractivity contribution in [1.29, 1.82) is 0 Å². The lowest BCUT2D eigenvalue weighted by Gasteiger charge is -2.37. The minimum Gasteiger partial charge on any atom is -0.469 e. The second-order valence-corrected chi connectivity index (χ2v) is 6.24. The highest BCUT2D eigenvalue weighted by atomic mass is 16.5. The van der Waals surface area contributed by atoms with Gasteiger partial charge in [0.2, 0.25) is 0 Å². The fourth-order valence-electron chi connectivity index (χ4n) is 3.40. The molecule has 132 valence electrons. The lowest BCUT2D eigenvalue weighted by molar-refractivity contribution is -0.142. The highest BCUT2D eigenvalue weighted by Gasteiger charge is 2.42. The highest BCUT2D eigenvalue weighted by molar-refractivity contribution is 5.71. The molecule has 0 radical (unpaired) electrons. The van der Waals surface area contributed by atoms with Crippen LogP contribution in [0.2, 0.25) is 0 Å². The Hall–Kier alpha value is -2.91. The predicted molar refractivity (Wildman–Crippen MR) is 102 cm³/mol. The summed E-state index contributed by atoms with van der Waals surface area (Å²) in [5, 5.41) is 12.0. The van der Waals surface area contributed by atoms with Gasteiger partial charge < -0.3 is 9.84 Å². The molecule has 26 heavy (non-hydrogen) atoms. The molecule has 3 rings (SSSR count). The van der Waals surface area contributed by atoms with E-state index in [0.717, 1.165) is 16.7 Å². The van der Waals surface area contributed by atoms with Crippen LogP contribution >= 0.6 is 0 Å². The molecule has 0 fully saturated rings. The standard InChI is InChI=1S/C23H22O3/c1-26-22(24)17-21(18-11-5-2-6-12-18)23(25,19-13-7-3-8-14-19)20-15-9-4-10-16-20/h2-16,21,25H,17H2,1H3. The van der Waals surface area contributed by atoms with Crippen LogP contribution in [0.15, 0.2) is 91.0 Å². The molecule has 0 amide bonds. The zero-order valence-corrected chi connectivity index (χ0v) is 14.7. The molecule has 3 nitrogen and oxygen atoms in total. The Bertz CT molecular complexity index is 790. The van der Waals surface area contributed by atoms with Crippen LogP contribution in [-0.4, -0.2) is 18.2 Å². The van der Waals surface area contributed by atoms with Crippen molar-refractivity contribution < 1.29 is 14.6 Å². The second kappa shape index (κ2) is 7.98. The number of rotatable bonds is 6. The van der Waals surface area contributed by atoms with Crippen molar-refractivity contribution in [2.75, 3.05) is 7.11 Å². The van der Waals surface area contributed by atoms with Gasteiger partial charge in [0.15, 0.2) is 0 Å². The molecule has 0 aliphatic heterocycles. The van der Waals surface area contributed by atoms with Crippen LogP contribution < -0.4 is 0 Å². The minimum absolute atomic E-state index is 0.0702. The first-order chi connectivity index (χ1) is 12.7. The van der Waals surface area contributed by atoms with E-state index < -0.39 is 11.5 Å². The maximum absolute atomic E-state index is 12.2. The fraction of sp³-hybridized carbons (Fsp3) is 0.174. The van der Waals surface area contributed by atoms with Gasteiger partial charge in [-0.2, -0.15) is 0 Å². The van der Waals surface area contributed by atoms with E-state index in [1.807, 2.05) is 91.0 Å². The van der Waals surface area contributed by atoms with E-state index in [1.165, 1.54) is 7.11 Å².